The van der Waals surface area contributed by atoms with Crippen LogP contribution in [-0.4, -0.2) is 19.4 Å². The second-order valence-electron chi connectivity index (χ2n) is 6.77. The minimum atomic E-state index is -3.45. The van der Waals surface area contributed by atoms with Gasteiger partial charge in [0, 0.05) is 12.0 Å². The van der Waals surface area contributed by atoms with E-state index in [4.69, 9.17) is 4.42 Å². The lowest BCUT2D eigenvalue weighted by Crippen LogP contribution is -2.33. The Balaban J connectivity index is 1.49. The SMILES string of the molecule is O=S(=O)(NC1CCCCCC1)c1ccc(-c2cnc(C3CC3)o2)s1. The molecular weight excluding hydrogens is 344 g/mol. The van der Waals surface area contributed by atoms with Crippen molar-refractivity contribution in [3.8, 4) is 10.6 Å². The van der Waals surface area contributed by atoms with E-state index < -0.39 is 10.0 Å². The molecule has 4 rings (SSSR count). The molecule has 7 heteroatoms. The summed E-state index contributed by atoms with van der Waals surface area (Å²) in [6, 6.07) is 3.54. The molecule has 0 unspecified atom stereocenters. The van der Waals surface area contributed by atoms with E-state index in [0.717, 1.165) is 49.3 Å². The first kappa shape index (κ1) is 16.3. The molecule has 2 aromatic rings. The van der Waals surface area contributed by atoms with Gasteiger partial charge in [-0.25, -0.2) is 18.1 Å². The molecule has 0 amide bonds. The van der Waals surface area contributed by atoms with Crippen LogP contribution in [-0.2, 0) is 10.0 Å². The number of nitrogens with one attached hydrogen (secondary N) is 1. The lowest BCUT2D eigenvalue weighted by molar-refractivity contribution is 0.510. The third-order valence-corrected chi connectivity index (χ3v) is 7.83. The van der Waals surface area contributed by atoms with Crippen molar-refractivity contribution in [3.63, 3.8) is 0 Å². The zero-order valence-corrected chi connectivity index (χ0v) is 15.2. The van der Waals surface area contributed by atoms with E-state index in [-0.39, 0.29) is 6.04 Å². The molecule has 2 aromatic heterocycles. The fourth-order valence-electron chi connectivity index (χ4n) is 3.19. The van der Waals surface area contributed by atoms with Crippen LogP contribution in [0, 0.1) is 0 Å². The van der Waals surface area contributed by atoms with Crippen molar-refractivity contribution in [2.45, 2.75) is 67.5 Å². The van der Waals surface area contributed by atoms with Crippen LogP contribution in [0.1, 0.15) is 63.2 Å². The zero-order chi connectivity index (χ0) is 16.6. The largest absolute Gasteiger partial charge is 0.440 e. The Morgan fingerprint density at radius 2 is 1.83 bits per heavy atom. The second-order valence-corrected chi connectivity index (χ2v) is 9.79. The molecule has 2 heterocycles. The first-order chi connectivity index (χ1) is 11.6. The van der Waals surface area contributed by atoms with E-state index in [1.165, 1.54) is 24.2 Å². The summed E-state index contributed by atoms with van der Waals surface area (Å²) in [6.45, 7) is 0. The predicted molar refractivity (Wildman–Crippen MR) is 93.6 cm³/mol. The van der Waals surface area contributed by atoms with Crippen LogP contribution in [0.2, 0.25) is 0 Å². The molecule has 0 bridgehead atoms. The van der Waals surface area contributed by atoms with E-state index in [2.05, 4.69) is 9.71 Å². The van der Waals surface area contributed by atoms with Crippen molar-refractivity contribution in [1.82, 2.24) is 9.71 Å². The first-order valence-electron chi connectivity index (χ1n) is 8.70. The molecule has 24 heavy (non-hydrogen) atoms. The average molecular weight is 367 g/mol. The highest BCUT2D eigenvalue weighted by atomic mass is 32.2. The Kier molecular flexibility index (Phi) is 4.49. The third-order valence-electron chi connectivity index (χ3n) is 4.72. The topological polar surface area (TPSA) is 72.2 Å². The van der Waals surface area contributed by atoms with Gasteiger partial charge in [-0.15, -0.1) is 11.3 Å². The van der Waals surface area contributed by atoms with E-state index in [1.54, 1.807) is 12.3 Å². The molecule has 2 saturated carbocycles. The van der Waals surface area contributed by atoms with E-state index in [1.807, 2.05) is 6.07 Å². The molecule has 1 N–H and O–H groups in total. The van der Waals surface area contributed by atoms with Gasteiger partial charge in [0.25, 0.3) is 0 Å². The quantitative estimate of drug-likeness (QED) is 0.802. The number of oxazole rings is 1. The maximum atomic E-state index is 12.6. The minimum Gasteiger partial charge on any atom is -0.440 e. The van der Waals surface area contributed by atoms with Crippen molar-refractivity contribution in [1.29, 1.82) is 0 Å². The van der Waals surface area contributed by atoms with Crippen LogP contribution in [0.5, 0.6) is 0 Å². The Morgan fingerprint density at radius 1 is 1.08 bits per heavy atom. The molecule has 0 radical (unpaired) electrons. The van der Waals surface area contributed by atoms with E-state index >= 15 is 0 Å². The molecule has 0 aromatic carbocycles. The molecule has 0 atom stereocenters. The van der Waals surface area contributed by atoms with Crippen molar-refractivity contribution in [2.75, 3.05) is 0 Å². The Bertz CT molecular complexity index is 797. The predicted octanol–water partition coefficient (Wildman–Crippen LogP) is 4.28. The fourth-order valence-corrected chi connectivity index (χ4v) is 5.77. The smallest absolute Gasteiger partial charge is 0.250 e. The van der Waals surface area contributed by atoms with Gasteiger partial charge in [-0.1, -0.05) is 25.7 Å². The van der Waals surface area contributed by atoms with Crippen molar-refractivity contribution < 1.29 is 12.8 Å². The van der Waals surface area contributed by atoms with E-state index in [9.17, 15) is 8.42 Å². The van der Waals surface area contributed by atoms with Crippen molar-refractivity contribution in [3.05, 3.63) is 24.2 Å². The number of nitrogens with zero attached hydrogens (tertiary/aromatic N) is 1. The molecule has 2 aliphatic rings. The lowest BCUT2D eigenvalue weighted by atomic mass is 10.1. The molecule has 0 spiro atoms. The Morgan fingerprint density at radius 3 is 2.54 bits per heavy atom. The van der Waals surface area contributed by atoms with Gasteiger partial charge in [-0.05, 0) is 37.8 Å². The monoisotopic (exact) mass is 366 g/mol. The lowest BCUT2D eigenvalue weighted by Gasteiger charge is -2.15. The molecule has 2 aliphatic carbocycles. The highest BCUT2D eigenvalue weighted by Crippen LogP contribution is 2.41. The third kappa shape index (κ3) is 3.58. The van der Waals surface area contributed by atoms with E-state index in [0.29, 0.717) is 15.9 Å². The van der Waals surface area contributed by atoms with Gasteiger partial charge in [0.15, 0.2) is 11.7 Å². The summed E-state index contributed by atoms with van der Waals surface area (Å²) in [5.41, 5.74) is 0. The standard InChI is InChI=1S/C17H22N2O3S2/c20-24(21,19-13-5-3-1-2-4-6-13)16-10-9-15(23-16)14-11-18-17(22-14)12-7-8-12/h9-13,19H,1-8H2. The second kappa shape index (κ2) is 6.61. The van der Waals surface area contributed by atoms with Crippen molar-refractivity contribution >= 4 is 21.4 Å². The molecule has 0 aliphatic heterocycles. The number of thiophene rings is 1. The van der Waals surface area contributed by atoms with Crippen LogP contribution in [0.15, 0.2) is 27.0 Å². The summed E-state index contributed by atoms with van der Waals surface area (Å²) in [5, 5.41) is 0. The van der Waals surface area contributed by atoms with Crippen LogP contribution in [0.4, 0.5) is 0 Å². The van der Waals surface area contributed by atoms with Gasteiger partial charge >= 0.3 is 0 Å². The maximum Gasteiger partial charge on any atom is 0.250 e. The van der Waals surface area contributed by atoms with Gasteiger partial charge in [-0.3, -0.25) is 0 Å². The zero-order valence-electron chi connectivity index (χ0n) is 13.5. The highest BCUT2D eigenvalue weighted by Gasteiger charge is 2.29. The molecule has 130 valence electrons. The Hall–Kier alpha value is -1.18. The number of rotatable bonds is 5. The molecule has 5 nitrogen and oxygen atoms in total. The summed E-state index contributed by atoms with van der Waals surface area (Å²) in [6.07, 6.45) is 10.5. The number of sulfonamides is 1. The van der Waals surface area contributed by atoms with Gasteiger partial charge in [0.05, 0.1) is 11.1 Å². The van der Waals surface area contributed by atoms with Crippen LogP contribution in [0.25, 0.3) is 10.6 Å². The molecule has 0 saturated heterocycles. The summed E-state index contributed by atoms with van der Waals surface area (Å²) < 4.78 is 34.3. The van der Waals surface area contributed by atoms with Crippen molar-refractivity contribution in [2.24, 2.45) is 0 Å². The Labute approximate surface area is 146 Å². The summed E-state index contributed by atoms with van der Waals surface area (Å²) >= 11 is 1.25. The summed E-state index contributed by atoms with van der Waals surface area (Å²) in [7, 11) is -3.45. The number of hydrogen-bond acceptors (Lipinski definition) is 5. The summed E-state index contributed by atoms with van der Waals surface area (Å²) in [4.78, 5) is 5.12. The van der Waals surface area contributed by atoms with Gasteiger partial charge in [0.2, 0.25) is 10.0 Å². The minimum absolute atomic E-state index is 0.0646. The number of aromatic nitrogens is 1. The number of hydrogen-bond donors (Lipinski definition) is 1. The van der Waals surface area contributed by atoms with Crippen LogP contribution < -0.4 is 4.72 Å². The molecular formula is C17H22N2O3S2. The van der Waals surface area contributed by atoms with Gasteiger partial charge in [0.1, 0.15) is 4.21 Å². The molecule has 2 fully saturated rings. The average Bonchev–Trinajstić information content (AvgIpc) is 3.16. The summed E-state index contributed by atoms with van der Waals surface area (Å²) in [5.74, 6) is 1.90. The van der Waals surface area contributed by atoms with Crippen LogP contribution in [0.3, 0.4) is 0 Å². The van der Waals surface area contributed by atoms with Crippen LogP contribution >= 0.6 is 11.3 Å². The van der Waals surface area contributed by atoms with Gasteiger partial charge in [-0.2, -0.15) is 0 Å². The van der Waals surface area contributed by atoms with Gasteiger partial charge < -0.3 is 4.42 Å². The maximum absolute atomic E-state index is 12.6. The highest BCUT2D eigenvalue weighted by molar-refractivity contribution is 7.91. The fraction of sp³-hybridized carbons (Fsp3) is 0.588. The first-order valence-corrected chi connectivity index (χ1v) is 11.0. The normalized spacial score (nSPS) is 20.2.